The van der Waals surface area contributed by atoms with Gasteiger partial charge in [-0.3, -0.25) is 4.79 Å². The molecule has 3 saturated heterocycles. The number of aliphatic hydroxyl groups is 9. The monoisotopic (exact) mass is 543 g/mol. The third-order valence-corrected chi connectivity index (χ3v) is 6.75. The fourth-order valence-corrected chi connectivity index (χ4v) is 4.70. The fourth-order valence-electron chi connectivity index (χ4n) is 4.70. The van der Waals surface area contributed by atoms with Crippen molar-refractivity contribution in [3.63, 3.8) is 0 Å². The summed E-state index contributed by atoms with van der Waals surface area (Å²) in [5.74, 6) is -0.621. The van der Waals surface area contributed by atoms with Gasteiger partial charge in [-0.25, -0.2) is 0 Å². The molecule has 10 N–H and O–H groups in total. The number of amides is 1. The Morgan fingerprint density at radius 3 is 1.76 bits per heavy atom. The minimum Gasteiger partial charge on any atom is -0.394 e. The van der Waals surface area contributed by atoms with Gasteiger partial charge in [0.2, 0.25) is 5.91 Å². The van der Waals surface area contributed by atoms with Crippen molar-refractivity contribution in [1.82, 2.24) is 5.32 Å². The average Bonchev–Trinajstić information content (AvgIpc) is 2.86. The lowest BCUT2D eigenvalue weighted by molar-refractivity contribution is -0.359. The Kier molecular flexibility index (Phi) is 10.6. The molecule has 3 aliphatic heterocycles. The first-order valence-electron chi connectivity index (χ1n) is 11.9. The van der Waals surface area contributed by atoms with Crippen LogP contribution in [-0.2, 0) is 28.5 Å². The zero-order chi connectivity index (χ0) is 27.6. The van der Waals surface area contributed by atoms with Crippen molar-refractivity contribution in [3.8, 4) is 0 Å². The first-order chi connectivity index (χ1) is 17.4. The number of nitrogens with one attached hydrogen (secondary N) is 1. The van der Waals surface area contributed by atoms with Crippen LogP contribution in [0.1, 0.15) is 13.8 Å². The first-order valence-corrected chi connectivity index (χ1v) is 11.9. The van der Waals surface area contributed by atoms with Gasteiger partial charge in [0.15, 0.2) is 12.6 Å². The molecule has 3 rings (SSSR count). The van der Waals surface area contributed by atoms with Crippen LogP contribution in [0.25, 0.3) is 0 Å². The van der Waals surface area contributed by atoms with Gasteiger partial charge in [-0.2, -0.15) is 0 Å². The lowest BCUT2D eigenvalue weighted by Gasteiger charge is -2.49. The van der Waals surface area contributed by atoms with Gasteiger partial charge in [-0.1, -0.05) is 0 Å². The molecule has 0 saturated carbocycles. The Morgan fingerprint density at radius 2 is 1.19 bits per heavy atom. The number of carbonyl (C=O) groups is 1. The van der Waals surface area contributed by atoms with Crippen LogP contribution in [0.4, 0.5) is 0 Å². The zero-order valence-electron chi connectivity index (χ0n) is 20.3. The molecule has 3 fully saturated rings. The van der Waals surface area contributed by atoms with Gasteiger partial charge in [-0.15, -0.1) is 0 Å². The van der Waals surface area contributed by atoms with E-state index in [9.17, 15) is 50.8 Å². The minimum atomic E-state index is -1.81. The van der Waals surface area contributed by atoms with Crippen molar-refractivity contribution >= 4 is 5.91 Å². The quantitative estimate of drug-likeness (QED) is 0.137. The number of carbonyl (C=O) groups excluding carboxylic acids is 1. The summed E-state index contributed by atoms with van der Waals surface area (Å²) < 4.78 is 27.9. The Morgan fingerprint density at radius 1 is 0.676 bits per heavy atom. The van der Waals surface area contributed by atoms with Gasteiger partial charge in [0.05, 0.1) is 25.9 Å². The third kappa shape index (κ3) is 6.39. The predicted molar refractivity (Wildman–Crippen MR) is 116 cm³/mol. The lowest BCUT2D eigenvalue weighted by Crippen LogP contribution is -2.69. The second-order valence-electron chi connectivity index (χ2n) is 9.38. The average molecular weight is 544 g/mol. The molecule has 7 unspecified atom stereocenters. The molecule has 0 aromatic rings. The molecule has 0 radical (unpaired) electrons. The smallest absolute Gasteiger partial charge is 0.217 e. The van der Waals surface area contributed by atoms with Gasteiger partial charge in [-0.05, 0) is 6.92 Å². The molecule has 0 aromatic heterocycles. The SMILES string of the molecule is CC(=O)NC1C(O)[C@H](O[C@@H]2OC(CO)[C@H](O)[C@H](O)C2O)C(CO)O[C@@H]1OC1[C@H](C)OC(CO)[C@H](O)[C@@H]1O. The summed E-state index contributed by atoms with van der Waals surface area (Å²) in [5.41, 5.74) is 0. The molecule has 3 heterocycles. The van der Waals surface area contributed by atoms with E-state index in [0.29, 0.717) is 0 Å². The highest BCUT2D eigenvalue weighted by Gasteiger charge is 2.53. The van der Waals surface area contributed by atoms with Gasteiger partial charge in [0.25, 0.3) is 0 Å². The Balaban J connectivity index is 1.81. The Bertz CT molecular complexity index is 745. The van der Waals surface area contributed by atoms with E-state index in [1.807, 2.05) is 0 Å². The first kappa shape index (κ1) is 30.5. The van der Waals surface area contributed by atoms with E-state index in [4.69, 9.17) is 23.7 Å². The van der Waals surface area contributed by atoms with E-state index in [1.54, 1.807) is 0 Å². The van der Waals surface area contributed by atoms with Crippen LogP contribution in [0.15, 0.2) is 0 Å². The highest BCUT2D eigenvalue weighted by atomic mass is 16.7. The molecule has 216 valence electrons. The molecule has 0 aromatic carbocycles. The summed E-state index contributed by atoms with van der Waals surface area (Å²) in [5, 5.41) is 93.3. The molecule has 0 aliphatic carbocycles. The fraction of sp³-hybridized carbons (Fsp3) is 0.952. The van der Waals surface area contributed by atoms with Gasteiger partial charge >= 0.3 is 0 Å². The molecule has 16 nitrogen and oxygen atoms in total. The number of rotatable bonds is 8. The maximum atomic E-state index is 11.9. The maximum Gasteiger partial charge on any atom is 0.217 e. The van der Waals surface area contributed by atoms with Gasteiger partial charge in [0.1, 0.15) is 73.2 Å². The highest BCUT2D eigenvalue weighted by molar-refractivity contribution is 5.73. The van der Waals surface area contributed by atoms with Crippen molar-refractivity contribution < 1.29 is 74.4 Å². The maximum absolute atomic E-state index is 11.9. The number of hydrogen-bond donors (Lipinski definition) is 10. The van der Waals surface area contributed by atoms with E-state index >= 15 is 0 Å². The van der Waals surface area contributed by atoms with E-state index < -0.39 is 118 Å². The van der Waals surface area contributed by atoms with Crippen molar-refractivity contribution in [2.24, 2.45) is 0 Å². The Labute approximate surface area is 211 Å². The van der Waals surface area contributed by atoms with Crippen LogP contribution in [0, 0.1) is 0 Å². The minimum absolute atomic E-state index is 0.563. The number of hydrogen-bond acceptors (Lipinski definition) is 15. The van der Waals surface area contributed by atoms with E-state index in [1.165, 1.54) is 6.92 Å². The topological polar surface area (TPSA) is 257 Å². The normalized spacial score (nSPS) is 49.0. The van der Waals surface area contributed by atoms with Gasteiger partial charge in [0, 0.05) is 6.92 Å². The molecule has 0 spiro atoms. The van der Waals surface area contributed by atoms with Crippen LogP contribution in [0.3, 0.4) is 0 Å². The summed E-state index contributed by atoms with van der Waals surface area (Å²) in [4.78, 5) is 11.9. The second kappa shape index (κ2) is 12.8. The van der Waals surface area contributed by atoms with Crippen molar-refractivity contribution in [2.75, 3.05) is 19.8 Å². The summed E-state index contributed by atoms with van der Waals surface area (Å²) in [6.07, 6.45) is -20.5. The summed E-state index contributed by atoms with van der Waals surface area (Å²) >= 11 is 0. The van der Waals surface area contributed by atoms with E-state index in [2.05, 4.69) is 5.32 Å². The Hall–Kier alpha value is -1.09. The zero-order valence-corrected chi connectivity index (χ0v) is 20.3. The van der Waals surface area contributed by atoms with Crippen LogP contribution in [0.2, 0.25) is 0 Å². The molecular weight excluding hydrogens is 506 g/mol. The van der Waals surface area contributed by atoms with E-state index in [0.717, 1.165) is 6.92 Å². The predicted octanol–water partition coefficient (Wildman–Crippen LogP) is -6.36. The van der Waals surface area contributed by atoms with Crippen molar-refractivity contribution in [1.29, 1.82) is 0 Å². The lowest BCUT2D eigenvalue weighted by atomic mass is 9.93. The van der Waals surface area contributed by atoms with Crippen LogP contribution in [0.5, 0.6) is 0 Å². The molecule has 0 bridgehead atoms. The van der Waals surface area contributed by atoms with Gasteiger partial charge < -0.3 is 75.0 Å². The molecular formula is C21H37NO15. The molecule has 16 heteroatoms. The molecule has 1 amide bonds. The molecule has 37 heavy (non-hydrogen) atoms. The highest BCUT2D eigenvalue weighted by Crippen LogP contribution is 2.32. The standard InChI is InChI=1S/C21H37NO15/c1-6-18(16(31)13(28)8(3-23)33-6)36-20-11(22-7(2)26)14(29)19(10(5-25)35-20)37-21-17(32)15(30)12(27)9(4-24)34-21/h6,8-21,23-25,27-32H,3-5H2,1-2H3,(H,22,26)/t6-,8?,9?,10?,11?,12-,13-,14?,15-,16-,17?,18?,19+,20+,21-/m0/s1. The summed E-state index contributed by atoms with van der Waals surface area (Å²) in [7, 11) is 0. The number of ether oxygens (including phenoxy) is 5. The van der Waals surface area contributed by atoms with Crippen LogP contribution < -0.4 is 5.32 Å². The van der Waals surface area contributed by atoms with Crippen molar-refractivity contribution in [3.05, 3.63) is 0 Å². The second-order valence-corrected chi connectivity index (χ2v) is 9.38. The van der Waals surface area contributed by atoms with Crippen molar-refractivity contribution in [2.45, 2.75) is 106 Å². The van der Waals surface area contributed by atoms with Crippen LogP contribution in [-0.4, -0.2) is 164 Å². The molecule has 15 atom stereocenters. The molecule has 3 aliphatic rings. The largest absolute Gasteiger partial charge is 0.394 e. The summed E-state index contributed by atoms with van der Waals surface area (Å²) in [6, 6.07) is -1.37. The summed E-state index contributed by atoms with van der Waals surface area (Å²) in [6.45, 7) is 0.595. The third-order valence-electron chi connectivity index (χ3n) is 6.75. The van der Waals surface area contributed by atoms with Crippen LogP contribution >= 0.6 is 0 Å². The number of aliphatic hydroxyl groups excluding tert-OH is 9. The van der Waals surface area contributed by atoms with E-state index in [-0.39, 0.29) is 0 Å².